The molecular formula is C17H25FO2. The summed E-state index contributed by atoms with van der Waals surface area (Å²) < 4.78 is 19.2. The highest BCUT2D eigenvalue weighted by Crippen LogP contribution is 2.22. The molecule has 0 aliphatic heterocycles. The summed E-state index contributed by atoms with van der Waals surface area (Å²) in [4.78, 5) is 10.7. The second-order valence-corrected chi connectivity index (χ2v) is 5.42. The van der Waals surface area contributed by atoms with E-state index in [1.807, 2.05) is 0 Å². The summed E-state index contributed by atoms with van der Waals surface area (Å²) in [6, 6.07) is 4.36. The van der Waals surface area contributed by atoms with Crippen LogP contribution >= 0.6 is 0 Å². The van der Waals surface area contributed by atoms with Gasteiger partial charge < -0.3 is 4.74 Å². The van der Waals surface area contributed by atoms with Crippen LogP contribution < -0.4 is 4.74 Å². The molecule has 2 atom stereocenters. The molecular weight excluding hydrogens is 255 g/mol. The van der Waals surface area contributed by atoms with Crippen LogP contribution in [-0.4, -0.2) is 12.4 Å². The molecule has 20 heavy (non-hydrogen) atoms. The summed E-state index contributed by atoms with van der Waals surface area (Å²) in [5, 5.41) is 0. The molecule has 1 aromatic rings. The highest BCUT2D eigenvalue weighted by Gasteiger charge is 2.13. The Balaban J connectivity index is 2.66. The first-order valence-corrected chi connectivity index (χ1v) is 7.52. The van der Waals surface area contributed by atoms with Crippen LogP contribution in [-0.2, 0) is 0 Å². The van der Waals surface area contributed by atoms with Crippen molar-refractivity contribution in [3.8, 4) is 5.75 Å². The molecule has 112 valence electrons. The van der Waals surface area contributed by atoms with E-state index < -0.39 is 5.82 Å². The van der Waals surface area contributed by atoms with Crippen molar-refractivity contribution in [3.05, 3.63) is 29.6 Å². The molecule has 2 unspecified atom stereocenters. The van der Waals surface area contributed by atoms with Crippen molar-refractivity contribution in [1.82, 2.24) is 0 Å². The molecule has 0 spiro atoms. The van der Waals surface area contributed by atoms with Gasteiger partial charge in [0, 0.05) is 0 Å². The van der Waals surface area contributed by atoms with Crippen LogP contribution in [0.5, 0.6) is 5.75 Å². The molecule has 0 aliphatic rings. The summed E-state index contributed by atoms with van der Waals surface area (Å²) >= 11 is 0. The van der Waals surface area contributed by atoms with Gasteiger partial charge in [-0.3, -0.25) is 4.79 Å². The SMILES string of the molecule is CCCC(CCC(C)CC)Oc1ccc(F)c(C=O)c1. The number of rotatable bonds is 9. The Morgan fingerprint density at radius 2 is 2.00 bits per heavy atom. The molecule has 2 nitrogen and oxygen atoms in total. The van der Waals surface area contributed by atoms with E-state index in [0.717, 1.165) is 25.7 Å². The minimum absolute atomic E-state index is 0.0553. The topological polar surface area (TPSA) is 26.3 Å². The van der Waals surface area contributed by atoms with E-state index >= 15 is 0 Å². The summed E-state index contributed by atoms with van der Waals surface area (Å²) in [6.07, 6.45) is 5.98. The van der Waals surface area contributed by atoms with Crippen LogP contribution in [0.1, 0.15) is 63.2 Å². The number of ether oxygens (including phenoxy) is 1. The maximum absolute atomic E-state index is 13.3. The minimum atomic E-state index is -0.501. The second kappa shape index (κ2) is 8.72. The van der Waals surface area contributed by atoms with Crippen molar-refractivity contribution >= 4 is 6.29 Å². The van der Waals surface area contributed by atoms with Gasteiger partial charge in [0.05, 0.1) is 11.7 Å². The number of hydrogen-bond donors (Lipinski definition) is 0. The normalized spacial score (nSPS) is 13.8. The molecule has 0 saturated heterocycles. The smallest absolute Gasteiger partial charge is 0.153 e. The standard InChI is InChI=1S/C17H25FO2/c1-4-6-15(8-7-13(3)5-2)20-16-9-10-17(18)14(11-16)12-19/h9-13,15H,4-8H2,1-3H3. The zero-order valence-electron chi connectivity index (χ0n) is 12.7. The number of hydrogen-bond acceptors (Lipinski definition) is 2. The van der Waals surface area contributed by atoms with Crippen molar-refractivity contribution in [2.24, 2.45) is 5.92 Å². The molecule has 1 aromatic carbocycles. The Kier molecular flexibility index (Phi) is 7.27. The first-order valence-electron chi connectivity index (χ1n) is 7.52. The van der Waals surface area contributed by atoms with Crippen LogP contribution in [0, 0.1) is 11.7 Å². The maximum Gasteiger partial charge on any atom is 0.153 e. The molecule has 0 radical (unpaired) electrons. The average Bonchev–Trinajstić information content (AvgIpc) is 2.46. The highest BCUT2D eigenvalue weighted by atomic mass is 19.1. The zero-order chi connectivity index (χ0) is 15.0. The third-order valence-corrected chi connectivity index (χ3v) is 3.69. The summed E-state index contributed by atoms with van der Waals surface area (Å²) in [6.45, 7) is 6.56. The van der Waals surface area contributed by atoms with E-state index in [1.165, 1.54) is 18.6 Å². The fourth-order valence-electron chi connectivity index (χ4n) is 2.14. The fraction of sp³-hybridized carbons (Fsp3) is 0.588. The number of aldehydes is 1. The molecule has 0 amide bonds. The van der Waals surface area contributed by atoms with Crippen LogP contribution in [0.4, 0.5) is 4.39 Å². The van der Waals surface area contributed by atoms with Crippen LogP contribution in [0.3, 0.4) is 0 Å². The van der Waals surface area contributed by atoms with E-state index in [-0.39, 0.29) is 11.7 Å². The van der Waals surface area contributed by atoms with E-state index in [0.29, 0.717) is 18.0 Å². The molecule has 0 aromatic heterocycles. The molecule has 0 N–H and O–H groups in total. The van der Waals surface area contributed by atoms with Gasteiger partial charge in [0.1, 0.15) is 11.6 Å². The number of benzene rings is 1. The maximum atomic E-state index is 13.3. The quantitative estimate of drug-likeness (QED) is 0.594. The molecule has 0 heterocycles. The van der Waals surface area contributed by atoms with Crippen molar-refractivity contribution in [1.29, 1.82) is 0 Å². The first-order chi connectivity index (χ1) is 9.60. The van der Waals surface area contributed by atoms with Gasteiger partial charge in [0.2, 0.25) is 0 Å². The third kappa shape index (κ3) is 5.32. The average molecular weight is 280 g/mol. The fourth-order valence-corrected chi connectivity index (χ4v) is 2.14. The van der Waals surface area contributed by atoms with E-state index in [1.54, 1.807) is 6.07 Å². The van der Waals surface area contributed by atoms with Gasteiger partial charge in [-0.25, -0.2) is 4.39 Å². The lowest BCUT2D eigenvalue weighted by Crippen LogP contribution is -2.17. The van der Waals surface area contributed by atoms with E-state index in [4.69, 9.17) is 4.74 Å². The molecule has 0 saturated carbocycles. The van der Waals surface area contributed by atoms with E-state index in [2.05, 4.69) is 20.8 Å². The van der Waals surface area contributed by atoms with Gasteiger partial charge in [-0.2, -0.15) is 0 Å². The van der Waals surface area contributed by atoms with Gasteiger partial charge in [0.15, 0.2) is 6.29 Å². The largest absolute Gasteiger partial charge is 0.490 e. The second-order valence-electron chi connectivity index (χ2n) is 5.42. The summed E-state index contributed by atoms with van der Waals surface area (Å²) in [5.74, 6) is 0.770. The van der Waals surface area contributed by atoms with Crippen molar-refractivity contribution < 1.29 is 13.9 Å². The predicted molar refractivity (Wildman–Crippen MR) is 79.8 cm³/mol. The molecule has 0 bridgehead atoms. The Morgan fingerprint density at radius 3 is 2.60 bits per heavy atom. The number of carbonyl (C=O) groups excluding carboxylic acids is 1. The lowest BCUT2D eigenvalue weighted by atomic mass is 9.99. The lowest BCUT2D eigenvalue weighted by molar-refractivity contribution is 0.111. The molecule has 0 fully saturated rings. The molecule has 1 rings (SSSR count). The third-order valence-electron chi connectivity index (χ3n) is 3.69. The predicted octanol–water partition coefficient (Wildman–Crippen LogP) is 5.01. The number of halogens is 1. The van der Waals surface area contributed by atoms with Crippen LogP contribution in [0.15, 0.2) is 18.2 Å². The minimum Gasteiger partial charge on any atom is -0.490 e. The lowest BCUT2D eigenvalue weighted by Gasteiger charge is -2.20. The Labute approximate surface area is 121 Å². The Morgan fingerprint density at radius 1 is 1.25 bits per heavy atom. The van der Waals surface area contributed by atoms with Crippen molar-refractivity contribution in [3.63, 3.8) is 0 Å². The van der Waals surface area contributed by atoms with Gasteiger partial charge >= 0.3 is 0 Å². The Hall–Kier alpha value is -1.38. The van der Waals surface area contributed by atoms with Crippen LogP contribution in [0.2, 0.25) is 0 Å². The van der Waals surface area contributed by atoms with Gasteiger partial charge in [-0.1, -0.05) is 33.6 Å². The molecule has 3 heteroatoms. The number of carbonyl (C=O) groups is 1. The summed E-state index contributed by atoms with van der Waals surface area (Å²) in [7, 11) is 0. The van der Waals surface area contributed by atoms with Crippen molar-refractivity contribution in [2.75, 3.05) is 0 Å². The monoisotopic (exact) mass is 280 g/mol. The van der Waals surface area contributed by atoms with Crippen molar-refractivity contribution in [2.45, 2.75) is 59.0 Å². The molecule has 0 aliphatic carbocycles. The first kappa shape index (κ1) is 16.7. The highest BCUT2D eigenvalue weighted by molar-refractivity contribution is 5.75. The van der Waals surface area contributed by atoms with Gasteiger partial charge in [-0.05, 0) is 43.4 Å². The summed E-state index contributed by atoms with van der Waals surface area (Å²) in [5.41, 5.74) is 0.0553. The van der Waals surface area contributed by atoms with Gasteiger partial charge in [-0.15, -0.1) is 0 Å². The zero-order valence-corrected chi connectivity index (χ0v) is 12.7. The Bertz CT molecular complexity index is 417. The van der Waals surface area contributed by atoms with Gasteiger partial charge in [0.25, 0.3) is 0 Å². The van der Waals surface area contributed by atoms with E-state index in [9.17, 15) is 9.18 Å². The van der Waals surface area contributed by atoms with Crippen LogP contribution in [0.25, 0.3) is 0 Å².